The number of hydrogen-bond donors (Lipinski definition) is 0. The monoisotopic (exact) mass is 308 g/mol. The third-order valence-electron chi connectivity index (χ3n) is 3.33. The van der Waals surface area contributed by atoms with Gasteiger partial charge >= 0.3 is 5.97 Å². The number of carbonyl (C=O) groups excluding carboxylic acids is 1. The summed E-state index contributed by atoms with van der Waals surface area (Å²) in [4.78, 5) is 11.2. The summed E-state index contributed by atoms with van der Waals surface area (Å²) in [7, 11) is 1.34. The molecule has 4 nitrogen and oxygen atoms in total. The molecule has 0 saturated heterocycles. The largest absolute Gasteiger partial charge is 0.478 e. The first kappa shape index (κ1) is 15.8. The molecule has 0 aliphatic heterocycles. The number of methoxy groups -OCH3 is 1. The van der Waals surface area contributed by atoms with Gasteiger partial charge in [0.15, 0.2) is 17.9 Å². The SMILES string of the molecule is COC(=O)COc1cccc2c(CCCSC)c(C)oc12. The van der Waals surface area contributed by atoms with E-state index in [2.05, 4.69) is 11.0 Å². The number of para-hydroxylation sites is 1. The van der Waals surface area contributed by atoms with E-state index in [9.17, 15) is 4.79 Å². The van der Waals surface area contributed by atoms with E-state index in [-0.39, 0.29) is 6.61 Å². The Hall–Kier alpha value is -1.62. The number of carbonyl (C=O) groups is 1. The quantitative estimate of drug-likeness (QED) is 0.578. The Bertz CT molecular complexity index is 618. The average molecular weight is 308 g/mol. The minimum absolute atomic E-state index is 0.114. The van der Waals surface area contributed by atoms with Gasteiger partial charge in [0.25, 0.3) is 0 Å². The molecule has 0 saturated carbocycles. The minimum atomic E-state index is -0.407. The van der Waals surface area contributed by atoms with Gasteiger partial charge in [0.2, 0.25) is 0 Å². The molecule has 114 valence electrons. The van der Waals surface area contributed by atoms with Crippen LogP contribution in [0.5, 0.6) is 5.75 Å². The van der Waals surface area contributed by atoms with E-state index in [4.69, 9.17) is 9.15 Å². The topological polar surface area (TPSA) is 48.7 Å². The lowest BCUT2D eigenvalue weighted by atomic mass is 10.1. The third kappa shape index (κ3) is 3.73. The number of aryl methyl sites for hydroxylation is 2. The average Bonchev–Trinajstić information content (AvgIpc) is 2.81. The van der Waals surface area contributed by atoms with Crippen molar-refractivity contribution in [3.8, 4) is 5.75 Å². The molecule has 0 radical (unpaired) electrons. The second-order valence-electron chi connectivity index (χ2n) is 4.73. The lowest BCUT2D eigenvalue weighted by Gasteiger charge is -2.05. The lowest BCUT2D eigenvalue weighted by molar-refractivity contribution is -0.142. The normalized spacial score (nSPS) is 10.8. The molecule has 0 atom stereocenters. The highest BCUT2D eigenvalue weighted by atomic mass is 32.2. The van der Waals surface area contributed by atoms with Crippen LogP contribution in [0.3, 0.4) is 0 Å². The van der Waals surface area contributed by atoms with Crippen molar-refractivity contribution in [1.82, 2.24) is 0 Å². The van der Waals surface area contributed by atoms with Gasteiger partial charge in [0.05, 0.1) is 7.11 Å². The van der Waals surface area contributed by atoms with Crippen molar-refractivity contribution >= 4 is 28.7 Å². The summed E-state index contributed by atoms with van der Waals surface area (Å²) >= 11 is 1.85. The molecule has 0 unspecified atom stereocenters. The van der Waals surface area contributed by atoms with Crippen molar-refractivity contribution in [2.75, 3.05) is 25.7 Å². The summed E-state index contributed by atoms with van der Waals surface area (Å²) in [5.74, 6) is 2.22. The smallest absolute Gasteiger partial charge is 0.343 e. The summed E-state index contributed by atoms with van der Waals surface area (Å²) in [6.07, 6.45) is 4.21. The molecule has 0 aliphatic rings. The van der Waals surface area contributed by atoms with Crippen LogP contribution in [0.2, 0.25) is 0 Å². The van der Waals surface area contributed by atoms with Crippen molar-refractivity contribution in [2.24, 2.45) is 0 Å². The second-order valence-corrected chi connectivity index (χ2v) is 5.72. The summed E-state index contributed by atoms with van der Waals surface area (Å²) in [5.41, 5.74) is 1.93. The third-order valence-corrected chi connectivity index (χ3v) is 4.03. The molecule has 0 fully saturated rings. The predicted molar refractivity (Wildman–Crippen MR) is 85.2 cm³/mol. The van der Waals surface area contributed by atoms with Gasteiger partial charge in [0.1, 0.15) is 5.76 Å². The van der Waals surface area contributed by atoms with Gasteiger partial charge in [-0.3, -0.25) is 0 Å². The lowest BCUT2D eigenvalue weighted by Crippen LogP contribution is -2.12. The fourth-order valence-corrected chi connectivity index (χ4v) is 2.71. The molecular weight excluding hydrogens is 288 g/mol. The van der Waals surface area contributed by atoms with Gasteiger partial charge in [-0.25, -0.2) is 4.79 Å². The van der Waals surface area contributed by atoms with Crippen LogP contribution >= 0.6 is 11.8 Å². The van der Waals surface area contributed by atoms with Crippen molar-refractivity contribution < 1.29 is 18.7 Å². The van der Waals surface area contributed by atoms with Crippen LogP contribution in [0.4, 0.5) is 0 Å². The molecule has 0 aliphatic carbocycles. The van der Waals surface area contributed by atoms with Crippen molar-refractivity contribution in [1.29, 1.82) is 0 Å². The van der Waals surface area contributed by atoms with Crippen LogP contribution in [0, 0.1) is 6.92 Å². The highest BCUT2D eigenvalue weighted by molar-refractivity contribution is 7.98. The van der Waals surface area contributed by atoms with Crippen molar-refractivity contribution in [3.05, 3.63) is 29.5 Å². The Balaban J connectivity index is 2.24. The number of rotatable bonds is 7. The number of hydrogen-bond acceptors (Lipinski definition) is 5. The molecule has 21 heavy (non-hydrogen) atoms. The fraction of sp³-hybridized carbons (Fsp3) is 0.438. The van der Waals surface area contributed by atoms with Gasteiger partial charge in [-0.1, -0.05) is 12.1 Å². The number of furan rings is 1. The van der Waals surface area contributed by atoms with Gasteiger partial charge in [0, 0.05) is 10.9 Å². The fourth-order valence-electron chi connectivity index (χ4n) is 2.28. The summed E-state index contributed by atoms with van der Waals surface area (Å²) in [6.45, 7) is 1.86. The van der Waals surface area contributed by atoms with Gasteiger partial charge < -0.3 is 13.9 Å². The van der Waals surface area contributed by atoms with Crippen LogP contribution in [0.1, 0.15) is 17.7 Å². The van der Waals surface area contributed by atoms with Crippen molar-refractivity contribution in [3.63, 3.8) is 0 Å². The van der Waals surface area contributed by atoms with E-state index >= 15 is 0 Å². The summed E-state index contributed by atoms with van der Waals surface area (Å²) in [6, 6.07) is 5.76. The van der Waals surface area contributed by atoms with E-state index in [1.165, 1.54) is 12.7 Å². The highest BCUT2D eigenvalue weighted by Gasteiger charge is 2.15. The zero-order chi connectivity index (χ0) is 15.2. The molecule has 0 amide bonds. The van der Waals surface area contributed by atoms with E-state index in [0.717, 1.165) is 29.7 Å². The van der Waals surface area contributed by atoms with Gasteiger partial charge in [-0.05, 0) is 37.8 Å². The predicted octanol–water partition coefficient (Wildman–Crippen LogP) is 3.59. The molecule has 1 aromatic heterocycles. The molecule has 2 aromatic rings. The molecule has 0 N–H and O–H groups in total. The molecular formula is C16H20O4S. The molecule has 0 bridgehead atoms. The first-order valence-corrected chi connectivity index (χ1v) is 8.26. The molecule has 5 heteroatoms. The molecule has 1 aromatic carbocycles. The minimum Gasteiger partial charge on any atom is -0.478 e. The number of ether oxygens (including phenoxy) is 2. The standard InChI is InChI=1S/C16H20O4S/c1-11-12(7-5-9-21-3)13-6-4-8-14(16(13)20-11)19-10-15(17)18-2/h4,6,8H,5,7,9-10H2,1-3H3. The second kappa shape index (κ2) is 7.41. The highest BCUT2D eigenvalue weighted by Crippen LogP contribution is 2.33. The maximum Gasteiger partial charge on any atom is 0.343 e. The van der Waals surface area contributed by atoms with E-state index < -0.39 is 5.97 Å². The number of thioether (sulfide) groups is 1. The van der Waals surface area contributed by atoms with E-state index in [0.29, 0.717) is 11.3 Å². The zero-order valence-electron chi connectivity index (χ0n) is 12.6. The van der Waals surface area contributed by atoms with Crippen molar-refractivity contribution in [2.45, 2.75) is 19.8 Å². The molecule has 0 spiro atoms. The van der Waals surface area contributed by atoms with Crippen LogP contribution < -0.4 is 4.74 Å². The van der Waals surface area contributed by atoms with Crippen LogP contribution in [0.25, 0.3) is 11.0 Å². The van der Waals surface area contributed by atoms with Gasteiger partial charge in [-0.2, -0.15) is 11.8 Å². The first-order chi connectivity index (χ1) is 10.2. The molecule has 2 rings (SSSR count). The van der Waals surface area contributed by atoms with Crippen LogP contribution in [-0.2, 0) is 16.0 Å². The van der Waals surface area contributed by atoms with E-state index in [1.807, 2.05) is 30.8 Å². The Morgan fingerprint density at radius 2 is 2.19 bits per heavy atom. The van der Waals surface area contributed by atoms with Crippen LogP contribution in [0.15, 0.2) is 22.6 Å². The maximum absolute atomic E-state index is 11.2. The number of esters is 1. The molecule has 1 heterocycles. The maximum atomic E-state index is 11.2. The number of fused-ring (bicyclic) bond motifs is 1. The first-order valence-electron chi connectivity index (χ1n) is 6.87. The Morgan fingerprint density at radius 3 is 2.90 bits per heavy atom. The van der Waals surface area contributed by atoms with Gasteiger partial charge in [-0.15, -0.1) is 0 Å². The summed E-state index contributed by atoms with van der Waals surface area (Å²) in [5, 5.41) is 1.07. The Labute approximate surface area is 128 Å². The van der Waals surface area contributed by atoms with E-state index in [1.54, 1.807) is 6.07 Å². The number of benzene rings is 1. The Kier molecular flexibility index (Phi) is 5.56. The summed E-state index contributed by atoms with van der Waals surface area (Å²) < 4.78 is 15.9. The zero-order valence-corrected chi connectivity index (χ0v) is 13.4. The van der Waals surface area contributed by atoms with Crippen LogP contribution in [-0.4, -0.2) is 31.7 Å². The Morgan fingerprint density at radius 1 is 1.38 bits per heavy atom.